The molecule has 3 aromatic heterocycles. The van der Waals surface area contributed by atoms with E-state index in [4.69, 9.17) is 10.00 Å². The van der Waals surface area contributed by atoms with Crippen molar-refractivity contribution in [2.75, 3.05) is 42.6 Å². The normalized spacial score (nSPS) is 16.4. The lowest BCUT2D eigenvalue weighted by atomic mass is 10.1. The molecule has 224 valence electrons. The van der Waals surface area contributed by atoms with Gasteiger partial charge in [0.1, 0.15) is 29.8 Å². The molecule has 1 fully saturated rings. The number of halogens is 3. The van der Waals surface area contributed by atoms with E-state index in [1.807, 2.05) is 28.2 Å². The van der Waals surface area contributed by atoms with E-state index < -0.39 is 23.3 Å². The maximum atomic E-state index is 13.9. The smallest absolute Gasteiger partial charge is 0.423 e. The maximum Gasteiger partial charge on any atom is 0.423 e. The summed E-state index contributed by atoms with van der Waals surface area (Å²) in [6.45, 7) is 2.07. The van der Waals surface area contributed by atoms with E-state index in [2.05, 4.69) is 15.1 Å². The van der Waals surface area contributed by atoms with E-state index >= 15 is 0 Å². The maximum absolute atomic E-state index is 13.9. The summed E-state index contributed by atoms with van der Waals surface area (Å²) in [6, 6.07) is 13.6. The van der Waals surface area contributed by atoms with Crippen LogP contribution in [0.25, 0.3) is 0 Å². The first-order valence-electron chi connectivity index (χ1n) is 13.7. The zero-order valence-corrected chi connectivity index (χ0v) is 23.2. The number of carbonyl (C=O) groups excluding carboxylic acids is 1. The van der Waals surface area contributed by atoms with Crippen molar-refractivity contribution in [1.82, 2.24) is 25.1 Å². The second-order valence-electron chi connectivity index (χ2n) is 10.3. The van der Waals surface area contributed by atoms with E-state index in [-0.39, 0.29) is 30.5 Å². The van der Waals surface area contributed by atoms with Crippen LogP contribution < -0.4 is 20.1 Å². The predicted octanol–water partition coefficient (Wildman–Crippen LogP) is 3.55. The zero-order valence-electron chi connectivity index (χ0n) is 23.2. The van der Waals surface area contributed by atoms with Crippen LogP contribution >= 0.6 is 0 Å². The summed E-state index contributed by atoms with van der Waals surface area (Å²) < 4.78 is 47.8. The van der Waals surface area contributed by atoms with Gasteiger partial charge in [0.15, 0.2) is 0 Å². The molecule has 1 N–H and O–H groups in total. The van der Waals surface area contributed by atoms with Crippen molar-refractivity contribution >= 4 is 17.4 Å². The second kappa shape index (κ2) is 11.7. The van der Waals surface area contributed by atoms with Crippen LogP contribution in [-0.2, 0) is 12.7 Å². The Kier molecular flexibility index (Phi) is 7.60. The van der Waals surface area contributed by atoms with Crippen molar-refractivity contribution in [3.05, 3.63) is 105 Å². The van der Waals surface area contributed by atoms with Crippen LogP contribution in [0.15, 0.2) is 72.0 Å². The van der Waals surface area contributed by atoms with Crippen molar-refractivity contribution in [2.45, 2.75) is 18.8 Å². The van der Waals surface area contributed by atoms with Crippen LogP contribution in [0.2, 0.25) is 0 Å². The van der Waals surface area contributed by atoms with Gasteiger partial charge in [-0.15, -0.1) is 0 Å². The molecule has 1 saturated heterocycles. The Hall–Kier alpha value is -5.45. The monoisotopic (exact) mass is 602 g/mol. The number of benzene rings is 1. The minimum absolute atomic E-state index is 0.0727. The molecule has 0 aliphatic carbocycles. The van der Waals surface area contributed by atoms with Gasteiger partial charge in [-0.3, -0.25) is 14.6 Å². The number of piperazine rings is 1. The summed E-state index contributed by atoms with van der Waals surface area (Å²) in [6.07, 6.45) is 0.500. The Labute approximate surface area is 249 Å². The number of ether oxygens (including phenoxy) is 1. The molecule has 0 spiro atoms. The number of nitrogens with one attached hydrogen (secondary N) is 1. The largest absolute Gasteiger partial charge is 0.489 e. The molecule has 0 saturated carbocycles. The van der Waals surface area contributed by atoms with Gasteiger partial charge < -0.3 is 19.4 Å². The number of fused-ring (bicyclic) bond motifs is 1. The fourth-order valence-corrected chi connectivity index (χ4v) is 5.53. The van der Waals surface area contributed by atoms with Gasteiger partial charge in [-0.2, -0.15) is 23.5 Å². The number of H-pyrrole nitrogens is 1. The number of amides is 1. The lowest BCUT2D eigenvalue weighted by molar-refractivity contribution is -0.138. The van der Waals surface area contributed by atoms with Gasteiger partial charge in [0.2, 0.25) is 0 Å². The van der Waals surface area contributed by atoms with E-state index in [0.29, 0.717) is 37.3 Å². The highest BCUT2D eigenvalue weighted by atomic mass is 19.4. The molecule has 0 bridgehead atoms. The van der Waals surface area contributed by atoms with Crippen molar-refractivity contribution in [3.8, 4) is 11.8 Å². The lowest BCUT2D eigenvalue weighted by Crippen LogP contribution is -2.49. The summed E-state index contributed by atoms with van der Waals surface area (Å²) in [7, 11) is 0. The van der Waals surface area contributed by atoms with Crippen molar-refractivity contribution in [2.24, 2.45) is 0 Å². The molecule has 11 nitrogen and oxygen atoms in total. The Bertz CT molecular complexity index is 1780. The van der Waals surface area contributed by atoms with Gasteiger partial charge in [0, 0.05) is 45.1 Å². The first-order valence-corrected chi connectivity index (χ1v) is 13.7. The molecule has 1 amide bonds. The predicted molar refractivity (Wildman–Crippen MR) is 152 cm³/mol. The number of rotatable bonds is 6. The molecule has 1 aromatic carbocycles. The van der Waals surface area contributed by atoms with Crippen LogP contribution in [0, 0.1) is 11.3 Å². The molecule has 0 radical (unpaired) electrons. The van der Waals surface area contributed by atoms with Crippen LogP contribution in [0.5, 0.6) is 5.75 Å². The molecule has 2 aliphatic rings. The number of aromatic nitrogens is 4. The zero-order chi connectivity index (χ0) is 30.8. The number of anilines is 2. The summed E-state index contributed by atoms with van der Waals surface area (Å²) in [5.41, 5.74) is -0.648. The molecule has 0 unspecified atom stereocenters. The van der Waals surface area contributed by atoms with Gasteiger partial charge in [-0.05, 0) is 29.3 Å². The van der Waals surface area contributed by atoms with Crippen molar-refractivity contribution in [3.63, 3.8) is 0 Å². The Morgan fingerprint density at radius 1 is 1.07 bits per heavy atom. The third-order valence-electron chi connectivity index (χ3n) is 7.70. The van der Waals surface area contributed by atoms with Gasteiger partial charge in [0.25, 0.3) is 11.5 Å². The van der Waals surface area contributed by atoms with Gasteiger partial charge >= 0.3 is 6.18 Å². The number of carbonyl (C=O) groups is 1. The van der Waals surface area contributed by atoms with Gasteiger partial charge in [-0.1, -0.05) is 24.3 Å². The lowest BCUT2D eigenvalue weighted by Gasteiger charge is -2.35. The van der Waals surface area contributed by atoms with E-state index in [0.717, 1.165) is 23.1 Å². The van der Waals surface area contributed by atoms with Crippen LogP contribution in [0.4, 0.5) is 24.7 Å². The molecule has 1 atom stereocenters. The highest BCUT2D eigenvalue weighted by Crippen LogP contribution is 2.42. The summed E-state index contributed by atoms with van der Waals surface area (Å²) in [4.78, 5) is 39.2. The fraction of sp³-hybridized carbons (Fsp3) is 0.267. The molecule has 5 heterocycles. The van der Waals surface area contributed by atoms with Crippen molar-refractivity contribution < 1.29 is 22.7 Å². The van der Waals surface area contributed by atoms with Crippen LogP contribution in [0.1, 0.15) is 38.7 Å². The first-order chi connectivity index (χ1) is 21.2. The first kappa shape index (κ1) is 28.7. The molecular formula is C30H25F3N8O3. The quantitative estimate of drug-likeness (QED) is 0.352. The molecule has 2 aliphatic heterocycles. The summed E-state index contributed by atoms with van der Waals surface area (Å²) in [5, 5.41) is 14.5. The molecule has 4 aromatic rings. The van der Waals surface area contributed by atoms with Crippen LogP contribution in [-0.4, -0.2) is 63.8 Å². The minimum Gasteiger partial charge on any atom is -0.489 e. The fourth-order valence-electron chi connectivity index (χ4n) is 5.53. The summed E-state index contributed by atoms with van der Waals surface area (Å²) >= 11 is 0. The molecule has 14 heteroatoms. The van der Waals surface area contributed by atoms with Crippen LogP contribution in [0.3, 0.4) is 0 Å². The van der Waals surface area contributed by atoms with E-state index in [1.54, 1.807) is 35.2 Å². The average molecular weight is 603 g/mol. The highest BCUT2D eigenvalue weighted by molar-refractivity contribution is 5.94. The topological polar surface area (TPSA) is 131 Å². The minimum atomic E-state index is -4.89. The number of nitriles is 1. The summed E-state index contributed by atoms with van der Waals surface area (Å²) in [5.74, 6) is 0.780. The number of aromatic amines is 1. The molecule has 44 heavy (non-hydrogen) atoms. The SMILES string of the molecule is N#Cc1ccc(N2CCN(C(=O)c3cncc(OC[C@@H]4c5ccccc5CN4c4cn[nH]c(=O)c4C(F)(F)F)c3)CC2)nc1. The molecular weight excluding hydrogens is 577 g/mol. The number of hydrogen-bond acceptors (Lipinski definition) is 9. The number of nitrogens with zero attached hydrogens (tertiary/aromatic N) is 7. The number of alkyl halides is 3. The average Bonchev–Trinajstić information content (AvgIpc) is 3.41. The standard InChI is InChI=1S/C30H25F3N8O3/c31-30(32,33)27-24(16-37-38-28(27)42)41-17-20-3-1-2-4-23(20)25(41)18-44-22-11-21(14-35-15-22)29(43)40-9-7-39(8-10-40)26-6-5-19(12-34)13-36-26/h1-6,11,13-16,25H,7-10,17-18H2,(H,38,42)/t25-/m1/s1. The van der Waals surface area contributed by atoms with E-state index in [1.165, 1.54) is 23.5 Å². The Balaban J connectivity index is 1.16. The third-order valence-corrected chi connectivity index (χ3v) is 7.70. The second-order valence-corrected chi connectivity index (χ2v) is 10.3. The Morgan fingerprint density at radius 3 is 2.59 bits per heavy atom. The highest BCUT2D eigenvalue weighted by Gasteiger charge is 2.42. The van der Waals surface area contributed by atoms with Gasteiger partial charge in [-0.25, -0.2) is 10.1 Å². The Morgan fingerprint density at radius 2 is 1.86 bits per heavy atom. The third kappa shape index (κ3) is 5.63. The van der Waals surface area contributed by atoms with Crippen molar-refractivity contribution in [1.29, 1.82) is 5.26 Å². The number of hydrogen-bond donors (Lipinski definition) is 1. The molecule has 6 rings (SSSR count). The van der Waals surface area contributed by atoms with E-state index in [9.17, 15) is 22.8 Å². The van der Waals surface area contributed by atoms with Gasteiger partial charge in [0.05, 0.1) is 35.2 Å². The number of pyridine rings is 2.